The van der Waals surface area contributed by atoms with Crippen molar-refractivity contribution in [2.45, 2.75) is 53.9 Å². The summed E-state index contributed by atoms with van der Waals surface area (Å²) in [5, 5.41) is 0. The van der Waals surface area contributed by atoms with Crippen LogP contribution < -0.4 is 37.2 Å². The Labute approximate surface area is 216 Å². The molecule has 160 valence electrons. The van der Waals surface area contributed by atoms with Gasteiger partial charge in [-0.3, -0.25) is 0 Å². The normalized spacial score (nSPS) is 10.8. The van der Waals surface area contributed by atoms with Crippen LogP contribution in [0.15, 0.2) is 60.7 Å². The average Bonchev–Trinajstić information content (AvgIpc) is 2.81. The Bertz CT molecular complexity index is 842. The van der Waals surface area contributed by atoms with Crippen LogP contribution in [0.5, 0.6) is 0 Å². The standard InChI is InChI=1S/C26H31.3ClH.Ti/c1-18-19(2)21(4)24(20(18)3)26(25(5,6)7,22-14-10-8-11-15-22)23-16-12-9-13-17-23;;;;/h8-17H,1-7H3;3*1H;/q-1;;;;+4/p-3. The van der Waals surface area contributed by atoms with Gasteiger partial charge in [-0.05, 0) is 16.5 Å². The molecule has 0 heterocycles. The zero-order valence-corrected chi connectivity index (χ0v) is 22.7. The largest absolute Gasteiger partial charge is 4.00 e. The van der Waals surface area contributed by atoms with E-state index in [-0.39, 0.29) is 69.8 Å². The van der Waals surface area contributed by atoms with Crippen LogP contribution in [-0.2, 0) is 27.1 Å². The van der Waals surface area contributed by atoms with Crippen LogP contribution in [0.2, 0.25) is 0 Å². The van der Waals surface area contributed by atoms with E-state index >= 15 is 0 Å². The van der Waals surface area contributed by atoms with E-state index in [1.165, 1.54) is 38.9 Å². The first-order valence-electron chi connectivity index (χ1n) is 9.57. The third-order valence-electron chi connectivity index (χ3n) is 6.35. The Balaban J connectivity index is 0. The maximum Gasteiger partial charge on any atom is 4.00 e. The van der Waals surface area contributed by atoms with Crippen LogP contribution in [0.25, 0.3) is 0 Å². The predicted molar refractivity (Wildman–Crippen MR) is 113 cm³/mol. The Morgan fingerprint density at radius 1 is 0.633 bits per heavy atom. The molecule has 0 aliphatic carbocycles. The summed E-state index contributed by atoms with van der Waals surface area (Å²) in [7, 11) is 0. The Kier molecular flexibility index (Phi) is 12.5. The summed E-state index contributed by atoms with van der Waals surface area (Å²) >= 11 is 0. The molecule has 0 radical (unpaired) electrons. The molecule has 3 rings (SSSR count). The van der Waals surface area contributed by atoms with Gasteiger partial charge in [-0.15, -0.1) is 5.56 Å². The summed E-state index contributed by atoms with van der Waals surface area (Å²) < 4.78 is 0. The molecule has 0 N–H and O–H groups in total. The maximum absolute atomic E-state index is 2.38. The van der Waals surface area contributed by atoms with Gasteiger partial charge in [-0.2, -0.15) is 22.3 Å². The Morgan fingerprint density at radius 2 is 1.00 bits per heavy atom. The van der Waals surface area contributed by atoms with E-state index in [2.05, 4.69) is 109 Å². The fourth-order valence-corrected chi connectivity index (χ4v) is 4.85. The predicted octanol–water partition coefficient (Wildman–Crippen LogP) is -1.97. The Hall–Kier alpha value is -0.626. The molecule has 0 aromatic heterocycles. The fraction of sp³-hybridized carbons (Fsp3) is 0.346. The number of hydrogen-bond acceptors (Lipinski definition) is 0. The minimum atomic E-state index is -0.192. The number of hydrogen-bond donors (Lipinski definition) is 0. The second-order valence-electron chi connectivity index (χ2n) is 8.61. The quantitative estimate of drug-likeness (QED) is 0.291. The van der Waals surface area contributed by atoms with Gasteiger partial charge >= 0.3 is 21.7 Å². The van der Waals surface area contributed by atoms with Crippen molar-refractivity contribution in [1.82, 2.24) is 0 Å². The molecule has 0 fully saturated rings. The van der Waals surface area contributed by atoms with Gasteiger partial charge in [0.25, 0.3) is 0 Å². The molecule has 0 saturated carbocycles. The van der Waals surface area contributed by atoms with E-state index in [0.29, 0.717) is 0 Å². The van der Waals surface area contributed by atoms with Crippen molar-refractivity contribution in [3.8, 4) is 0 Å². The zero-order chi connectivity index (χ0) is 19.1. The molecule has 0 spiro atoms. The van der Waals surface area contributed by atoms with Crippen LogP contribution >= 0.6 is 0 Å². The molecular formula is C26H31Cl3Ti. The molecule has 4 heteroatoms. The van der Waals surface area contributed by atoms with Crippen molar-refractivity contribution in [1.29, 1.82) is 0 Å². The number of benzene rings is 2. The molecule has 0 atom stereocenters. The molecule has 3 aromatic rings. The number of rotatable bonds is 3. The molecule has 30 heavy (non-hydrogen) atoms. The summed E-state index contributed by atoms with van der Waals surface area (Å²) in [5.41, 5.74) is 9.77. The topological polar surface area (TPSA) is 0 Å². The van der Waals surface area contributed by atoms with Crippen molar-refractivity contribution in [3.05, 3.63) is 99.6 Å². The van der Waals surface area contributed by atoms with Gasteiger partial charge in [0.05, 0.1) is 0 Å². The van der Waals surface area contributed by atoms with Crippen LogP contribution in [0.4, 0.5) is 0 Å². The summed E-state index contributed by atoms with van der Waals surface area (Å²) in [6.07, 6.45) is 0. The first kappa shape index (κ1) is 31.6. The number of halogens is 3. The van der Waals surface area contributed by atoms with Crippen molar-refractivity contribution in [2.75, 3.05) is 0 Å². The van der Waals surface area contributed by atoms with Crippen LogP contribution in [0.1, 0.15) is 59.7 Å². The molecule has 0 nitrogen and oxygen atoms in total. The van der Waals surface area contributed by atoms with E-state index in [9.17, 15) is 0 Å². The third kappa shape index (κ3) is 4.89. The van der Waals surface area contributed by atoms with Crippen molar-refractivity contribution in [3.63, 3.8) is 0 Å². The summed E-state index contributed by atoms with van der Waals surface area (Å²) in [5.74, 6) is 0. The van der Waals surface area contributed by atoms with E-state index in [4.69, 9.17) is 0 Å². The third-order valence-corrected chi connectivity index (χ3v) is 6.35. The van der Waals surface area contributed by atoms with E-state index < -0.39 is 0 Å². The minimum Gasteiger partial charge on any atom is -1.00 e. The van der Waals surface area contributed by atoms with Gasteiger partial charge in [0, 0.05) is 5.41 Å². The maximum atomic E-state index is 2.38. The second kappa shape index (κ2) is 11.8. The molecule has 0 aliphatic heterocycles. The first-order chi connectivity index (χ1) is 12.2. The second-order valence-corrected chi connectivity index (χ2v) is 8.61. The Morgan fingerprint density at radius 3 is 1.27 bits per heavy atom. The van der Waals surface area contributed by atoms with E-state index in [1.54, 1.807) is 0 Å². The van der Waals surface area contributed by atoms with Gasteiger partial charge in [0.1, 0.15) is 0 Å². The summed E-state index contributed by atoms with van der Waals surface area (Å²) in [6.45, 7) is 16.3. The average molecular weight is 498 g/mol. The first-order valence-corrected chi connectivity index (χ1v) is 9.57. The van der Waals surface area contributed by atoms with Gasteiger partial charge < -0.3 is 37.2 Å². The van der Waals surface area contributed by atoms with Crippen LogP contribution in [0.3, 0.4) is 0 Å². The molecular weight excluding hydrogens is 467 g/mol. The monoisotopic (exact) mass is 496 g/mol. The molecule has 0 saturated heterocycles. The van der Waals surface area contributed by atoms with Gasteiger partial charge in [0.2, 0.25) is 0 Å². The molecule has 3 aromatic carbocycles. The van der Waals surface area contributed by atoms with Gasteiger partial charge in [-0.25, -0.2) is 0 Å². The molecule has 0 amide bonds. The van der Waals surface area contributed by atoms with Crippen molar-refractivity contribution in [2.24, 2.45) is 5.41 Å². The van der Waals surface area contributed by atoms with E-state index in [1.807, 2.05) is 0 Å². The smallest absolute Gasteiger partial charge is 1.00 e. The van der Waals surface area contributed by atoms with Gasteiger partial charge in [0.15, 0.2) is 0 Å². The summed E-state index contributed by atoms with van der Waals surface area (Å²) in [6, 6.07) is 22.1. The van der Waals surface area contributed by atoms with Crippen LogP contribution in [0, 0.1) is 33.1 Å². The van der Waals surface area contributed by atoms with Crippen LogP contribution in [-0.4, -0.2) is 0 Å². The van der Waals surface area contributed by atoms with Crippen molar-refractivity contribution >= 4 is 0 Å². The van der Waals surface area contributed by atoms with E-state index in [0.717, 1.165) is 0 Å². The van der Waals surface area contributed by atoms with Gasteiger partial charge in [-0.1, -0.05) is 109 Å². The van der Waals surface area contributed by atoms with Crippen molar-refractivity contribution < 1.29 is 58.9 Å². The zero-order valence-electron chi connectivity index (χ0n) is 18.9. The SMILES string of the molecule is Cc1c(C)c(C(c2ccccc2)(c2ccccc2)C(C)(C)C)[c-](C)c1C.[Cl-].[Cl-].[Cl-].[Ti+4]. The molecule has 0 aliphatic rings. The summed E-state index contributed by atoms with van der Waals surface area (Å²) in [4.78, 5) is 0. The minimum absolute atomic E-state index is 0. The fourth-order valence-electron chi connectivity index (χ4n) is 4.85. The molecule has 0 bridgehead atoms. The molecule has 0 unspecified atom stereocenters.